The zero-order chi connectivity index (χ0) is 14.2. The standard InChI is InChI=1S/C15H28N4O/c16-15(19-11-5-2-6-12-19)17-9-7-13-18-10-4-1-3-8-14(18)20/h1-13H2,(H2,16,17). The molecule has 2 aliphatic rings. The number of nitrogens with two attached hydrogens (primary N) is 1. The molecule has 0 aromatic carbocycles. The average Bonchev–Trinajstić information content (AvgIpc) is 2.69. The molecule has 2 heterocycles. The summed E-state index contributed by atoms with van der Waals surface area (Å²) in [6.45, 7) is 4.56. The number of nitrogens with zero attached hydrogens (tertiary/aromatic N) is 3. The topological polar surface area (TPSA) is 61.9 Å². The number of hydrogen-bond acceptors (Lipinski definition) is 2. The molecular weight excluding hydrogens is 252 g/mol. The number of piperidine rings is 1. The zero-order valence-corrected chi connectivity index (χ0v) is 12.5. The lowest BCUT2D eigenvalue weighted by atomic mass is 10.1. The van der Waals surface area contributed by atoms with Crippen molar-refractivity contribution in [3.63, 3.8) is 0 Å². The maximum atomic E-state index is 11.8. The molecule has 0 spiro atoms. The number of likely N-dealkylation sites (tertiary alicyclic amines) is 2. The molecule has 0 atom stereocenters. The third-order valence-electron chi connectivity index (χ3n) is 4.21. The number of carbonyl (C=O) groups is 1. The van der Waals surface area contributed by atoms with Gasteiger partial charge in [0.2, 0.25) is 5.91 Å². The maximum Gasteiger partial charge on any atom is 0.222 e. The van der Waals surface area contributed by atoms with Crippen molar-refractivity contribution < 1.29 is 4.79 Å². The van der Waals surface area contributed by atoms with Crippen LogP contribution in [0.3, 0.4) is 0 Å². The first-order valence-electron chi connectivity index (χ1n) is 8.10. The summed E-state index contributed by atoms with van der Waals surface area (Å²) in [6.07, 6.45) is 8.76. The van der Waals surface area contributed by atoms with Crippen molar-refractivity contribution >= 4 is 11.9 Å². The Bertz CT molecular complexity index is 337. The summed E-state index contributed by atoms with van der Waals surface area (Å²) in [5.41, 5.74) is 6.02. The van der Waals surface area contributed by atoms with E-state index in [0.29, 0.717) is 11.9 Å². The van der Waals surface area contributed by atoms with Gasteiger partial charge in [-0.3, -0.25) is 9.79 Å². The predicted octanol–water partition coefficient (Wildman–Crippen LogP) is 1.58. The van der Waals surface area contributed by atoms with Gasteiger partial charge in [0.15, 0.2) is 5.96 Å². The van der Waals surface area contributed by atoms with Crippen LogP contribution in [0.4, 0.5) is 0 Å². The highest BCUT2D eigenvalue weighted by atomic mass is 16.2. The van der Waals surface area contributed by atoms with Gasteiger partial charge in [-0.2, -0.15) is 0 Å². The molecule has 0 saturated carbocycles. The Kier molecular flexibility index (Phi) is 6.15. The molecule has 114 valence electrons. The fourth-order valence-corrected chi connectivity index (χ4v) is 2.95. The van der Waals surface area contributed by atoms with Gasteiger partial charge in [-0.05, 0) is 38.5 Å². The minimum Gasteiger partial charge on any atom is -0.370 e. The molecule has 0 aromatic rings. The Morgan fingerprint density at radius 1 is 1.05 bits per heavy atom. The third-order valence-corrected chi connectivity index (χ3v) is 4.21. The van der Waals surface area contributed by atoms with Crippen LogP contribution < -0.4 is 5.73 Å². The Balaban J connectivity index is 1.67. The Morgan fingerprint density at radius 2 is 1.75 bits per heavy atom. The van der Waals surface area contributed by atoms with Gasteiger partial charge in [0.1, 0.15) is 0 Å². The van der Waals surface area contributed by atoms with Crippen LogP contribution in [-0.4, -0.2) is 54.4 Å². The van der Waals surface area contributed by atoms with Crippen LogP contribution in [-0.2, 0) is 4.79 Å². The highest BCUT2D eigenvalue weighted by Gasteiger charge is 2.16. The zero-order valence-electron chi connectivity index (χ0n) is 12.5. The molecule has 0 unspecified atom stereocenters. The van der Waals surface area contributed by atoms with E-state index in [1.807, 2.05) is 4.90 Å². The molecule has 2 N–H and O–H groups in total. The third kappa shape index (κ3) is 4.69. The number of hydrogen-bond donors (Lipinski definition) is 1. The van der Waals surface area contributed by atoms with Crippen molar-refractivity contribution in [3.05, 3.63) is 0 Å². The van der Waals surface area contributed by atoms with Crippen molar-refractivity contribution in [3.8, 4) is 0 Å². The van der Waals surface area contributed by atoms with Gasteiger partial charge in [-0.25, -0.2) is 0 Å². The quantitative estimate of drug-likeness (QED) is 0.483. The summed E-state index contributed by atoms with van der Waals surface area (Å²) < 4.78 is 0. The fraction of sp³-hybridized carbons (Fsp3) is 0.867. The molecule has 20 heavy (non-hydrogen) atoms. The summed E-state index contributed by atoms with van der Waals surface area (Å²) in [7, 11) is 0. The van der Waals surface area contributed by atoms with E-state index in [4.69, 9.17) is 5.73 Å². The summed E-state index contributed by atoms with van der Waals surface area (Å²) in [4.78, 5) is 20.5. The van der Waals surface area contributed by atoms with E-state index in [1.54, 1.807) is 0 Å². The lowest BCUT2D eigenvalue weighted by molar-refractivity contribution is -0.130. The Labute approximate surface area is 122 Å². The monoisotopic (exact) mass is 280 g/mol. The normalized spacial score (nSPS) is 22.0. The van der Waals surface area contributed by atoms with Gasteiger partial charge in [-0.1, -0.05) is 6.42 Å². The van der Waals surface area contributed by atoms with Crippen molar-refractivity contribution in [1.82, 2.24) is 9.80 Å². The highest BCUT2D eigenvalue weighted by molar-refractivity contribution is 5.78. The van der Waals surface area contributed by atoms with E-state index >= 15 is 0 Å². The molecule has 0 aliphatic carbocycles. The molecular formula is C15H28N4O. The number of amides is 1. The molecule has 5 nitrogen and oxygen atoms in total. The van der Waals surface area contributed by atoms with Gasteiger partial charge in [0, 0.05) is 39.1 Å². The molecule has 2 aliphatic heterocycles. The van der Waals surface area contributed by atoms with E-state index in [2.05, 4.69) is 9.89 Å². The predicted molar refractivity (Wildman–Crippen MR) is 81.6 cm³/mol. The van der Waals surface area contributed by atoms with Gasteiger partial charge < -0.3 is 15.5 Å². The van der Waals surface area contributed by atoms with Crippen LogP contribution in [0, 0.1) is 0 Å². The van der Waals surface area contributed by atoms with Crippen molar-refractivity contribution in [2.24, 2.45) is 10.7 Å². The number of carbonyl (C=O) groups excluding carboxylic acids is 1. The van der Waals surface area contributed by atoms with E-state index in [-0.39, 0.29) is 0 Å². The van der Waals surface area contributed by atoms with Gasteiger partial charge in [-0.15, -0.1) is 0 Å². The molecule has 2 saturated heterocycles. The largest absolute Gasteiger partial charge is 0.370 e. The number of guanidine groups is 1. The first-order valence-corrected chi connectivity index (χ1v) is 8.10. The van der Waals surface area contributed by atoms with Crippen molar-refractivity contribution in [2.75, 3.05) is 32.7 Å². The highest BCUT2D eigenvalue weighted by Crippen LogP contribution is 2.11. The summed E-state index contributed by atoms with van der Waals surface area (Å²) in [6, 6.07) is 0. The number of aliphatic imine (C=N–C) groups is 1. The average molecular weight is 280 g/mol. The van der Waals surface area contributed by atoms with Crippen LogP contribution >= 0.6 is 0 Å². The summed E-state index contributed by atoms with van der Waals surface area (Å²) in [5.74, 6) is 1.00. The second-order valence-electron chi connectivity index (χ2n) is 5.83. The Morgan fingerprint density at radius 3 is 2.55 bits per heavy atom. The summed E-state index contributed by atoms with van der Waals surface area (Å²) >= 11 is 0. The van der Waals surface area contributed by atoms with Crippen LogP contribution in [0.15, 0.2) is 4.99 Å². The number of rotatable bonds is 4. The Hall–Kier alpha value is -1.26. The smallest absolute Gasteiger partial charge is 0.222 e. The second kappa shape index (κ2) is 8.12. The molecule has 1 amide bonds. The lowest BCUT2D eigenvalue weighted by Crippen LogP contribution is -2.41. The lowest BCUT2D eigenvalue weighted by Gasteiger charge is -2.27. The first kappa shape index (κ1) is 15.1. The molecule has 5 heteroatoms. The SMILES string of the molecule is NC(=NCCCN1CCCCCC1=O)N1CCCCC1. The van der Waals surface area contributed by atoms with Gasteiger partial charge >= 0.3 is 0 Å². The van der Waals surface area contributed by atoms with Crippen LogP contribution in [0.5, 0.6) is 0 Å². The van der Waals surface area contributed by atoms with Gasteiger partial charge in [0.25, 0.3) is 0 Å². The van der Waals surface area contributed by atoms with Crippen LogP contribution in [0.2, 0.25) is 0 Å². The first-order chi connectivity index (χ1) is 9.77. The van der Waals surface area contributed by atoms with E-state index in [0.717, 1.165) is 58.4 Å². The molecule has 0 radical (unpaired) electrons. The minimum atomic E-state index is 0.315. The molecule has 0 bridgehead atoms. The fourth-order valence-electron chi connectivity index (χ4n) is 2.95. The van der Waals surface area contributed by atoms with Gasteiger partial charge in [0.05, 0.1) is 0 Å². The van der Waals surface area contributed by atoms with E-state index in [9.17, 15) is 4.79 Å². The molecule has 0 aromatic heterocycles. The van der Waals surface area contributed by atoms with Crippen LogP contribution in [0.1, 0.15) is 51.4 Å². The van der Waals surface area contributed by atoms with Crippen LogP contribution in [0.25, 0.3) is 0 Å². The van der Waals surface area contributed by atoms with E-state index < -0.39 is 0 Å². The second-order valence-corrected chi connectivity index (χ2v) is 5.83. The molecule has 2 fully saturated rings. The molecule has 2 rings (SSSR count). The van der Waals surface area contributed by atoms with Crippen molar-refractivity contribution in [1.29, 1.82) is 0 Å². The maximum absolute atomic E-state index is 11.8. The summed E-state index contributed by atoms with van der Waals surface area (Å²) in [5, 5.41) is 0. The van der Waals surface area contributed by atoms with E-state index in [1.165, 1.54) is 25.7 Å². The van der Waals surface area contributed by atoms with Crippen molar-refractivity contribution in [2.45, 2.75) is 51.4 Å². The minimum absolute atomic E-state index is 0.315.